The molecule has 1 aromatic carbocycles. The summed E-state index contributed by atoms with van der Waals surface area (Å²) in [5.74, 6) is 0.0642. The first-order valence-electron chi connectivity index (χ1n) is 6.46. The van der Waals surface area contributed by atoms with E-state index in [1.54, 1.807) is 0 Å². The van der Waals surface area contributed by atoms with Gasteiger partial charge in [-0.25, -0.2) is 0 Å². The molecule has 1 saturated heterocycles. The van der Waals surface area contributed by atoms with Crippen molar-refractivity contribution < 1.29 is 4.79 Å². The monoisotopic (exact) mass is 247 g/mol. The van der Waals surface area contributed by atoms with E-state index in [4.69, 9.17) is 0 Å². The van der Waals surface area contributed by atoms with Crippen LogP contribution in [0.15, 0.2) is 24.3 Å². The maximum atomic E-state index is 12.0. The molecule has 1 aromatic rings. The highest BCUT2D eigenvalue weighted by atomic mass is 16.2. The van der Waals surface area contributed by atoms with E-state index in [1.807, 2.05) is 31.2 Å². The molecule has 1 aliphatic rings. The number of hydrogen-bond donors (Lipinski definition) is 2. The van der Waals surface area contributed by atoms with Crippen molar-refractivity contribution in [2.45, 2.75) is 19.9 Å². The molecule has 0 saturated carbocycles. The van der Waals surface area contributed by atoms with Crippen LogP contribution in [-0.4, -0.2) is 43.0 Å². The number of amides is 1. The number of aryl methyl sites for hydroxylation is 1. The van der Waals surface area contributed by atoms with Crippen molar-refractivity contribution in [3.63, 3.8) is 0 Å². The van der Waals surface area contributed by atoms with Crippen molar-refractivity contribution in [3.8, 4) is 0 Å². The fraction of sp³-hybridized carbons (Fsp3) is 0.500. The van der Waals surface area contributed by atoms with Crippen LogP contribution in [0.5, 0.6) is 0 Å². The highest BCUT2D eigenvalue weighted by Gasteiger charge is 2.20. The summed E-state index contributed by atoms with van der Waals surface area (Å²) >= 11 is 0. The third-order valence-corrected chi connectivity index (χ3v) is 3.29. The normalized spacial score (nSPS) is 20.7. The lowest BCUT2D eigenvalue weighted by Crippen LogP contribution is -2.51. The van der Waals surface area contributed by atoms with Crippen LogP contribution in [-0.2, 0) is 4.79 Å². The number of benzene rings is 1. The maximum absolute atomic E-state index is 12.0. The van der Waals surface area contributed by atoms with Gasteiger partial charge in [-0.05, 0) is 31.5 Å². The van der Waals surface area contributed by atoms with Crippen LogP contribution in [0.4, 0.5) is 5.69 Å². The van der Waals surface area contributed by atoms with Crippen molar-refractivity contribution in [1.29, 1.82) is 0 Å². The minimum absolute atomic E-state index is 0.0642. The molecule has 2 rings (SSSR count). The van der Waals surface area contributed by atoms with Gasteiger partial charge in [-0.3, -0.25) is 9.69 Å². The topological polar surface area (TPSA) is 44.4 Å². The summed E-state index contributed by atoms with van der Waals surface area (Å²) in [6.07, 6.45) is 0. The van der Waals surface area contributed by atoms with Crippen LogP contribution >= 0.6 is 0 Å². The molecule has 0 radical (unpaired) electrons. The molecule has 0 aliphatic carbocycles. The van der Waals surface area contributed by atoms with E-state index in [9.17, 15) is 4.79 Å². The average Bonchev–Trinajstić information content (AvgIpc) is 2.32. The largest absolute Gasteiger partial charge is 0.325 e. The lowest BCUT2D eigenvalue weighted by Gasteiger charge is -2.33. The number of hydrogen-bond acceptors (Lipinski definition) is 3. The minimum Gasteiger partial charge on any atom is -0.325 e. The highest BCUT2D eigenvalue weighted by molar-refractivity contribution is 5.92. The predicted octanol–water partition coefficient (Wildman–Crippen LogP) is 1.23. The van der Waals surface area contributed by atoms with Gasteiger partial charge in [0.15, 0.2) is 0 Å². The Morgan fingerprint density at radius 2 is 2.39 bits per heavy atom. The van der Waals surface area contributed by atoms with Gasteiger partial charge in [-0.15, -0.1) is 0 Å². The van der Waals surface area contributed by atoms with Gasteiger partial charge in [-0.1, -0.05) is 12.1 Å². The summed E-state index contributed by atoms with van der Waals surface area (Å²) in [4.78, 5) is 14.2. The summed E-state index contributed by atoms with van der Waals surface area (Å²) in [5.41, 5.74) is 2.03. The predicted molar refractivity (Wildman–Crippen MR) is 73.7 cm³/mol. The number of anilines is 1. The zero-order chi connectivity index (χ0) is 13.0. The second-order valence-corrected chi connectivity index (χ2v) is 4.94. The van der Waals surface area contributed by atoms with Crippen molar-refractivity contribution in [1.82, 2.24) is 10.2 Å². The van der Waals surface area contributed by atoms with Gasteiger partial charge in [-0.2, -0.15) is 0 Å². The Balaban J connectivity index is 1.88. The van der Waals surface area contributed by atoms with E-state index < -0.39 is 0 Å². The van der Waals surface area contributed by atoms with Crippen LogP contribution in [0.1, 0.15) is 12.5 Å². The van der Waals surface area contributed by atoms with Gasteiger partial charge < -0.3 is 10.6 Å². The molecule has 0 aromatic heterocycles. The standard InChI is InChI=1S/C14H21N3O/c1-11-4-3-5-13(8-11)16-14(18)10-17-7-6-15-9-12(17)2/h3-5,8,12,15H,6-7,9-10H2,1-2H3,(H,16,18)/t12-/m0/s1. The van der Waals surface area contributed by atoms with Crippen LogP contribution in [0.2, 0.25) is 0 Å². The molecule has 2 N–H and O–H groups in total. The van der Waals surface area contributed by atoms with E-state index in [1.165, 1.54) is 0 Å². The molecule has 0 bridgehead atoms. The van der Waals surface area contributed by atoms with Crippen LogP contribution in [0.3, 0.4) is 0 Å². The molecule has 98 valence electrons. The summed E-state index contributed by atoms with van der Waals surface area (Å²) in [5, 5.41) is 6.27. The lowest BCUT2D eigenvalue weighted by atomic mass is 10.2. The molecule has 0 unspecified atom stereocenters. The fourth-order valence-corrected chi connectivity index (χ4v) is 2.23. The molecule has 4 nitrogen and oxygen atoms in total. The Kier molecular flexibility index (Phi) is 4.33. The summed E-state index contributed by atoms with van der Waals surface area (Å²) in [6.45, 7) is 7.49. The number of carbonyl (C=O) groups excluding carboxylic acids is 1. The Hall–Kier alpha value is -1.39. The number of piperazine rings is 1. The third-order valence-electron chi connectivity index (χ3n) is 3.29. The molecular weight excluding hydrogens is 226 g/mol. The van der Waals surface area contributed by atoms with Gasteiger partial charge in [0.25, 0.3) is 0 Å². The molecular formula is C14H21N3O. The first-order valence-corrected chi connectivity index (χ1v) is 6.46. The molecule has 1 fully saturated rings. The zero-order valence-electron chi connectivity index (χ0n) is 11.1. The smallest absolute Gasteiger partial charge is 0.238 e. The molecule has 1 atom stereocenters. The average molecular weight is 247 g/mol. The van der Waals surface area contributed by atoms with Crippen molar-refractivity contribution in [2.75, 3.05) is 31.5 Å². The van der Waals surface area contributed by atoms with Crippen molar-refractivity contribution in [3.05, 3.63) is 29.8 Å². The SMILES string of the molecule is Cc1cccc(NC(=O)CN2CCNC[C@@H]2C)c1. The molecule has 18 heavy (non-hydrogen) atoms. The van der Waals surface area contributed by atoms with E-state index in [0.29, 0.717) is 12.6 Å². The van der Waals surface area contributed by atoms with Gasteiger partial charge in [0.2, 0.25) is 5.91 Å². The quantitative estimate of drug-likeness (QED) is 0.844. The third kappa shape index (κ3) is 3.55. The van der Waals surface area contributed by atoms with E-state index >= 15 is 0 Å². The minimum atomic E-state index is 0.0642. The van der Waals surface area contributed by atoms with Gasteiger partial charge in [0.05, 0.1) is 6.54 Å². The van der Waals surface area contributed by atoms with E-state index in [-0.39, 0.29) is 5.91 Å². The second kappa shape index (κ2) is 5.98. The van der Waals surface area contributed by atoms with E-state index in [2.05, 4.69) is 22.5 Å². The number of rotatable bonds is 3. The molecule has 0 spiro atoms. The van der Waals surface area contributed by atoms with Gasteiger partial charge in [0.1, 0.15) is 0 Å². The van der Waals surface area contributed by atoms with E-state index in [0.717, 1.165) is 30.9 Å². The second-order valence-electron chi connectivity index (χ2n) is 4.94. The van der Waals surface area contributed by atoms with Gasteiger partial charge >= 0.3 is 0 Å². The van der Waals surface area contributed by atoms with Crippen LogP contribution < -0.4 is 10.6 Å². The number of carbonyl (C=O) groups is 1. The maximum Gasteiger partial charge on any atom is 0.238 e. The highest BCUT2D eigenvalue weighted by Crippen LogP contribution is 2.10. The summed E-state index contributed by atoms with van der Waals surface area (Å²) in [7, 11) is 0. The Morgan fingerprint density at radius 1 is 1.56 bits per heavy atom. The Labute approximate surface area is 108 Å². The van der Waals surface area contributed by atoms with Crippen molar-refractivity contribution in [2.24, 2.45) is 0 Å². The Bertz CT molecular complexity index is 419. The first kappa shape index (κ1) is 13.1. The van der Waals surface area contributed by atoms with Crippen LogP contribution in [0.25, 0.3) is 0 Å². The number of nitrogens with zero attached hydrogens (tertiary/aromatic N) is 1. The lowest BCUT2D eigenvalue weighted by molar-refractivity contribution is -0.118. The molecule has 1 aliphatic heterocycles. The fourth-order valence-electron chi connectivity index (χ4n) is 2.23. The zero-order valence-corrected chi connectivity index (χ0v) is 11.1. The van der Waals surface area contributed by atoms with Crippen LogP contribution in [0, 0.1) is 6.92 Å². The van der Waals surface area contributed by atoms with Crippen molar-refractivity contribution >= 4 is 11.6 Å². The molecule has 1 amide bonds. The summed E-state index contributed by atoms with van der Waals surface area (Å²) < 4.78 is 0. The van der Waals surface area contributed by atoms with Gasteiger partial charge in [0, 0.05) is 31.4 Å². The number of nitrogens with one attached hydrogen (secondary N) is 2. The Morgan fingerprint density at radius 3 is 3.11 bits per heavy atom. The summed E-state index contributed by atoms with van der Waals surface area (Å²) in [6, 6.07) is 8.31. The molecule has 4 heteroatoms. The first-order chi connectivity index (χ1) is 8.65. The molecule has 1 heterocycles.